The van der Waals surface area contributed by atoms with Crippen LogP contribution in [0.2, 0.25) is 0 Å². The molecule has 0 aliphatic carbocycles. The molecule has 0 aliphatic heterocycles. The van der Waals surface area contributed by atoms with Crippen molar-refractivity contribution in [1.29, 1.82) is 0 Å². The maximum atomic E-state index is 12.2. The molecule has 3 N–H and O–H groups in total. The Bertz CT molecular complexity index is 671. The molecule has 0 bridgehead atoms. The van der Waals surface area contributed by atoms with Crippen LogP contribution in [-0.2, 0) is 11.2 Å². The van der Waals surface area contributed by atoms with Crippen molar-refractivity contribution >= 4 is 16.8 Å². The number of hydrogen-bond donors (Lipinski definition) is 3. The average Bonchev–Trinajstić information content (AvgIpc) is 2.88. The molecule has 0 radical (unpaired) electrons. The molecule has 1 amide bonds. The summed E-state index contributed by atoms with van der Waals surface area (Å²) in [5.74, 6) is 0.490. The normalized spacial score (nSPS) is 14.2. The summed E-state index contributed by atoms with van der Waals surface area (Å²) in [5, 5.41) is 14.3. The number of carbonyl (C=O) groups is 1. The van der Waals surface area contributed by atoms with Crippen LogP contribution in [0.25, 0.3) is 10.9 Å². The lowest BCUT2D eigenvalue weighted by atomic mass is 9.95. The summed E-state index contributed by atoms with van der Waals surface area (Å²) in [6.07, 6.45) is 3.86. The van der Waals surface area contributed by atoms with Crippen LogP contribution in [-0.4, -0.2) is 28.1 Å². The van der Waals surface area contributed by atoms with E-state index < -0.39 is 5.60 Å². The number of rotatable bonds is 7. The summed E-state index contributed by atoms with van der Waals surface area (Å²) in [5.41, 5.74) is 2.39. The zero-order valence-corrected chi connectivity index (χ0v) is 14.6. The van der Waals surface area contributed by atoms with Crippen LogP contribution in [0.1, 0.15) is 44.7 Å². The molecule has 23 heavy (non-hydrogen) atoms. The van der Waals surface area contributed by atoms with Gasteiger partial charge >= 0.3 is 0 Å². The highest BCUT2D eigenvalue weighted by molar-refractivity contribution is 5.90. The Balaban J connectivity index is 1.93. The van der Waals surface area contributed by atoms with E-state index in [0.717, 1.165) is 22.9 Å². The van der Waals surface area contributed by atoms with E-state index in [1.54, 1.807) is 6.92 Å². The Morgan fingerprint density at radius 1 is 1.39 bits per heavy atom. The minimum atomic E-state index is -0.850. The quantitative estimate of drug-likeness (QED) is 0.733. The molecule has 4 nitrogen and oxygen atoms in total. The van der Waals surface area contributed by atoms with Gasteiger partial charge in [0.2, 0.25) is 5.91 Å². The van der Waals surface area contributed by atoms with Gasteiger partial charge in [-0.25, -0.2) is 0 Å². The van der Waals surface area contributed by atoms with Crippen LogP contribution >= 0.6 is 0 Å². The van der Waals surface area contributed by atoms with E-state index in [-0.39, 0.29) is 5.91 Å². The third-order valence-electron chi connectivity index (χ3n) is 4.29. The number of nitrogens with one attached hydrogen (secondary N) is 2. The predicted octanol–water partition coefficient (Wildman–Crippen LogP) is 3.32. The first kappa shape index (κ1) is 17.5. The van der Waals surface area contributed by atoms with Crippen LogP contribution in [0.4, 0.5) is 0 Å². The number of aryl methyl sites for hydroxylation is 1. The van der Waals surface area contributed by atoms with E-state index in [1.165, 1.54) is 5.56 Å². The third kappa shape index (κ3) is 4.83. The molecule has 1 atom stereocenters. The Morgan fingerprint density at radius 2 is 2.13 bits per heavy atom. The first-order chi connectivity index (χ1) is 10.8. The van der Waals surface area contributed by atoms with Gasteiger partial charge < -0.3 is 15.4 Å². The van der Waals surface area contributed by atoms with Crippen molar-refractivity contribution < 1.29 is 9.90 Å². The van der Waals surface area contributed by atoms with Crippen molar-refractivity contribution in [2.75, 3.05) is 6.54 Å². The van der Waals surface area contributed by atoms with Gasteiger partial charge in [0.05, 0.1) is 12.0 Å². The molecule has 2 rings (SSSR count). The standard InChI is InChI=1S/C19H28N2O2/c1-13(2)8-9-19(4,23)12-21-17(22)10-15-11-20-18-14(3)6-5-7-16(15)18/h5-7,11,13,20,23H,8-10,12H2,1-4H3,(H,21,22). The van der Waals surface area contributed by atoms with Crippen LogP contribution < -0.4 is 5.32 Å². The lowest BCUT2D eigenvalue weighted by Crippen LogP contribution is -2.41. The van der Waals surface area contributed by atoms with Gasteiger partial charge in [-0.1, -0.05) is 32.0 Å². The molecule has 1 unspecified atom stereocenters. The second-order valence-corrected chi connectivity index (χ2v) is 7.19. The number of benzene rings is 1. The van der Waals surface area contributed by atoms with Crippen molar-refractivity contribution in [2.24, 2.45) is 5.92 Å². The number of fused-ring (bicyclic) bond motifs is 1. The smallest absolute Gasteiger partial charge is 0.224 e. The Hall–Kier alpha value is -1.81. The van der Waals surface area contributed by atoms with Gasteiger partial charge in [-0.05, 0) is 43.7 Å². The maximum Gasteiger partial charge on any atom is 0.224 e. The van der Waals surface area contributed by atoms with Gasteiger partial charge in [0.25, 0.3) is 0 Å². The van der Waals surface area contributed by atoms with Crippen molar-refractivity contribution in [3.05, 3.63) is 35.5 Å². The molecular formula is C19H28N2O2. The molecule has 1 aromatic carbocycles. The monoisotopic (exact) mass is 316 g/mol. The number of aromatic amines is 1. The molecule has 2 aromatic rings. The second kappa shape index (κ2) is 7.18. The topological polar surface area (TPSA) is 65.1 Å². The average molecular weight is 316 g/mol. The van der Waals surface area contributed by atoms with Crippen LogP contribution in [0, 0.1) is 12.8 Å². The fourth-order valence-corrected chi connectivity index (χ4v) is 2.72. The summed E-state index contributed by atoms with van der Waals surface area (Å²) in [7, 11) is 0. The van der Waals surface area contributed by atoms with Crippen LogP contribution in [0.15, 0.2) is 24.4 Å². The molecule has 1 aromatic heterocycles. The summed E-state index contributed by atoms with van der Waals surface area (Å²) in [4.78, 5) is 15.4. The SMILES string of the molecule is Cc1cccc2c(CC(=O)NCC(C)(O)CCC(C)C)c[nH]c12. The number of carbonyl (C=O) groups excluding carboxylic acids is 1. The lowest BCUT2D eigenvalue weighted by Gasteiger charge is -2.24. The number of aliphatic hydroxyl groups is 1. The second-order valence-electron chi connectivity index (χ2n) is 7.19. The first-order valence-electron chi connectivity index (χ1n) is 8.33. The molecular weight excluding hydrogens is 288 g/mol. The van der Waals surface area contributed by atoms with Crippen molar-refractivity contribution in [2.45, 2.75) is 52.6 Å². The first-order valence-corrected chi connectivity index (χ1v) is 8.33. The zero-order valence-electron chi connectivity index (χ0n) is 14.6. The third-order valence-corrected chi connectivity index (χ3v) is 4.29. The summed E-state index contributed by atoms with van der Waals surface area (Å²) in [6.45, 7) is 8.39. The van der Waals surface area contributed by atoms with E-state index in [0.29, 0.717) is 25.3 Å². The minimum absolute atomic E-state index is 0.0581. The molecule has 0 aliphatic rings. The molecule has 0 saturated carbocycles. The fraction of sp³-hybridized carbons (Fsp3) is 0.526. The van der Waals surface area contributed by atoms with E-state index in [1.807, 2.05) is 18.3 Å². The minimum Gasteiger partial charge on any atom is -0.388 e. The summed E-state index contributed by atoms with van der Waals surface area (Å²) < 4.78 is 0. The van der Waals surface area contributed by atoms with Crippen molar-refractivity contribution in [3.8, 4) is 0 Å². The van der Waals surface area contributed by atoms with Crippen molar-refractivity contribution in [1.82, 2.24) is 10.3 Å². The molecule has 0 fully saturated rings. The Labute approximate surface area is 138 Å². The van der Waals surface area contributed by atoms with E-state index in [9.17, 15) is 9.90 Å². The fourth-order valence-electron chi connectivity index (χ4n) is 2.72. The molecule has 0 saturated heterocycles. The van der Waals surface area contributed by atoms with Crippen LogP contribution in [0.5, 0.6) is 0 Å². The summed E-state index contributed by atoms with van der Waals surface area (Å²) in [6, 6.07) is 6.08. The highest BCUT2D eigenvalue weighted by Gasteiger charge is 2.21. The van der Waals surface area contributed by atoms with E-state index in [2.05, 4.69) is 37.1 Å². The number of hydrogen-bond acceptors (Lipinski definition) is 2. The number of amides is 1. The molecule has 1 heterocycles. The highest BCUT2D eigenvalue weighted by atomic mass is 16.3. The lowest BCUT2D eigenvalue weighted by molar-refractivity contribution is -0.121. The van der Waals surface area contributed by atoms with E-state index >= 15 is 0 Å². The largest absolute Gasteiger partial charge is 0.388 e. The van der Waals surface area contributed by atoms with Gasteiger partial charge in [-0.3, -0.25) is 4.79 Å². The van der Waals surface area contributed by atoms with Gasteiger partial charge in [0.15, 0.2) is 0 Å². The Kier molecular flexibility index (Phi) is 5.47. The molecule has 4 heteroatoms. The predicted molar refractivity (Wildman–Crippen MR) is 94.4 cm³/mol. The number of aromatic nitrogens is 1. The van der Waals surface area contributed by atoms with Gasteiger partial charge in [0.1, 0.15) is 0 Å². The van der Waals surface area contributed by atoms with Gasteiger partial charge in [0, 0.05) is 23.6 Å². The Morgan fingerprint density at radius 3 is 2.83 bits per heavy atom. The highest BCUT2D eigenvalue weighted by Crippen LogP contribution is 2.21. The van der Waals surface area contributed by atoms with Crippen molar-refractivity contribution in [3.63, 3.8) is 0 Å². The maximum absolute atomic E-state index is 12.2. The zero-order chi connectivity index (χ0) is 17.0. The van der Waals surface area contributed by atoms with Gasteiger partial charge in [-0.2, -0.15) is 0 Å². The van der Waals surface area contributed by atoms with Gasteiger partial charge in [-0.15, -0.1) is 0 Å². The number of H-pyrrole nitrogens is 1. The number of para-hydroxylation sites is 1. The summed E-state index contributed by atoms with van der Waals surface area (Å²) >= 11 is 0. The molecule has 126 valence electrons. The van der Waals surface area contributed by atoms with E-state index in [4.69, 9.17) is 0 Å². The van der Waals surface area contributed by atoms with Crippen LogP contribution in [0.3, 0.4) is 0 Å². The molecule has 0 spiro atoms.